The maximum absolute atomic E-state index is 9.15. The van der Waals surface area contributed by atoms with Crippen LogP contribution in [0.3, 0.4) is 0 Å². The van der Waals surface area contributed by atoms with Crippen LogP contribution in [0.2, 0.25) is 0 Å². The summed E-state index contributed by atoms with van der Waals surface area (Å²) in [5.41, 5.74) is 2.00. The number of nitriles is 1. The van der Waals surface area contributed by atoms with Crippen LogP contribution < -0.4 is 4.74 Å². The minimum Gasteiger partial charge on any atom is -0.497 e. The first-order valence-corrected chi connectivity index (χ1v) is 6.68. The highest BCUT2D eigenvalue weighted by molar-refractivity contribution is 7.15. The van der Waals surface area contributed by atoms with Crippen LogP contribution in [0.25, 0.3) is 10.6 Å². The van der Waals surface area contributed by atoms with Crippen molar-refractivity contribution in [3.8, 4) is 22.4 Å². The number of ether oxygens (including phenoxy) is 1. The zero-order valence-electron chi connectivity index (χ0n) is 10.0. The van der Waals surface area contributed by atoms with Crippen LogP contribution in [0.5, 0.6) is 5.75 Å². The average molecular weight is 256 g/mol. The summed E-state index contributed by atoms with van der Waals surface area (Å²) in [7, 11) is 1.65. The van der Waals surface area contributed by atoms with Gasteiger partial charge in [0.05, 0.1) is 12.8 Å². The summed E-state index contributed by atoms with van der Waals surface area (Å²) in [6.07, 6.45) is 2.33. The number of aromatic nitrogens is 1. The second-order valence-corrected chi connectivity index (χ2v) is 5.35. The summed E-state index contributed by atoms with van der Waals surface area (Å²) < 4.78 is 5.21. The Morgan fingerprint density at radius 2 is 2.28 bits per heavy atom. The quantitative estimate of drug-likeness (QED) is 0.843. The van der Waals surface area contributed by atoms with Gasteiger partial charge in [0.25, 0.3) is 0 Å². The van der Waals surface area contributed by atoms with Gasteiger partial charge in [-0.05, 0) is 25.0 Å². The Labute approximate surface area is 110 Å². The lowest BCUT2D eigenvalue weighted by Crippen LogP contribution is -1.85. The highest BCUT2D eigenvalue weighted by atomic mass is 32.1. The zero-order chi connectivity index (χ0) is 12.5. The van der Waals surface area contributed by atoms with E-state index in [-0.39, 0.29) is 0 Å². The molecule has 0 radical (unpaired) electrons. The van der Waals surface area contributed by atoms with Gasteiger partial charge in [-0.25, -0.2) is 4.98 Å². The first kappa shape index (κ1) is 11.2. The molecule has 0 spiro atoms. The number of rotatable bonds is 3. The monoisotopic (exact) mass is 256 g/mol. The summed E-state index contributed by atoms with van der Waals surface area (Å²) in [5.74, 6) is 1.32. The van der Waals surface area contributed by atoms with Gasteiger partial charge in [-0.15, -0.1) is 11.3 Å². The molecule has 0 atom stereocenters. The molecule has 3 nitrogen and oxygen atoms in total. The second-order valence-electron chi connectivity index (χ2n) is 4.35. The first-order valence-electron chi connectivity index (χ1n) is 5.87. The molecule has 0 unspecified atom stereocenters. The molecule has 18 heavy (non-hydrogen) atoms. The molecule has 1 aliphatic rings. The molecule has 1 aromatic heterocycles. The Bertz CT molecular complexity index is 623. The largest absolute Gasteiger partial charge is 0.497 e. The SMILES string of the molecule is COc1cccc(-c2nc(C3CC3)c(C#N)s2)c1. The third kappa shape index (κ3) is 1.98. The lowest BCUT2D eigenvalue weighted by atomic mass is 10.2. The van der Waals surface area contributed by atoms with E-state index in [9.17, 15) is 0 Å². The number of nitrogens with zero attached hydrogens (tertiary/aromatic N) is 2. The van der Waals surface area contributed by atoms with E-state index in [1.165, 1.54) is 11.3 Å². The van der Waals surface area contributed by atoms with Crippen molar-refractivity contribution in [3.63, 3.8) is 0 Å². The van der Waals surface area contributed by atoms with Gasteiger partial charge in [-0.3, -0.25) is 0 Å². The van der Waals surface area contributed by atoms with Gasteiger partial charge in [0.1, 0.15) is 21.7 Å². The van der Waals surface area contributed by atoms with E-state index < -0.39 is 0 Å². The zero-order valence-corrected chi connectivity index (χ0v) is 10.8. The molecule has 90 valence electrons. The van der Waals surface area contributed by atoms with E-state index in [4.69, 9.17) is 10.00 Å². The van der Waals surface area contributed by atoms with E-state index in [1.807, 2.05) is 24.3 Å². The predicted molar refractivity (Wildman–Crippen MR) is 70.8 cm³/mol. The molecule has 1 fully saturated rings. The maximum Gasteiger partial charge on any atom is 0.128 e. The van der Waals surface area contributed by atoms with Gasteiger partial charge >= 0.3 is 0 Å². The summed E-state index contributed by atoms with van der Waals surface area (Å²) in [5, 5.41) is 10.1. The standard InChI is InChI=1S/C14H12N2OS/c1-17-11-4-2-3-10(7-11)14-16-13(9-5-6-9)12(8-15)18-14/h2-4,7,9H,5-6H2,1H3. The van der Waals surface area contributed by atoms with E-state index in [1.54, 1.807) is 7.11 Å². The molecule has 1 aliphatic carbocycles. The Balaban J connectivity index is 2.03. The summed E-state index contributed by atoms with van der Waals surface area (Å²) in [6, 6.07) is 10.1. The molecule has 0 amide bonds. The minimum absolute atomic E-state index is 0.509. The number of hydrogen-bond donors (Lipinski definition) is 0. The van der Waals surface area contributed by atoms with Crippen LogP contribution in [-0.2, 0) is 0 Å². The van der Waals surface area contributed by atoms with Crippen LogP contribution in [0.1, 0.15) is 29.3 Å². The molecule has 0 N–H and O–H groups in total. The van der Waals surface area contributed by atoms with Crippen molar-refractivity contribution in [1.82, 2.24) is 4.98 Å². The van der Waals surface area contributed by atoms with Crippen LogP contribution in [0.4, 0.5) is 0 Å². The Kier molecular flexibility index (Phi) is 2.77. The molecule has 0 bridgehead atoms. The van der Waals surface area contributed by atoms with E-state index in [0.717, 1.165) is 39.7 Å². The van der Waals surface area contributed by atoms with Gasteiger partial charge in [0.2, 0.25) is 0 Å². The van der Waals surface area contributed by atoms with E-state index in [0.29, 0.717) is 5.92 Å². The molecular weight excluding hydrogens is 244 g/mol. The molecule has 0 aliphatic heterocycles. The maximum atomic E-state index is 9.15. The molecular formula is C14H12N2OS. The lowest BCUT2D eigenvalue weighted by molar-refractivity contribution is 0.415. The molecule has 1 saturated carbocycles. The topological polar surface area (TPSA) is 45.9 Å². The van der Waals surface area contributed by atoms with E-state index >= 15 is 0 Å². The number of methoxy groups -OCH3 is 1. The highest BCUT2D eigenvalue weighted by Gasteiger charge is 2.29. The molecule has 4 heteroatoms. The van der Waals surface area contributed by atoms with Crippen molar-refractivity contribution in [3.05, 3.63) is 34.8 Å². The van der Waals surface area contributed by atoms with Crippen molar-refractivity contribution < 1.29 is 4.74 Å². The summed E-state index contributed by atoms with van der Waals surface area (Å²) >= 11 is 1.47. The number of benzene rings is 1. The summed E-state index contributed by atoms with van der Waals surface area (Å²) in [6.45, 7) is 0. The van der Waals surface area contributed by atoms with Gasteiger partial charge in [-0.1, -0.05) is 12.1 Å². The highest BCUT2D eigenvalue weighted by Crippen LogP contribution is 2.44. The minimum atomic E-state index is 0.509. The van der Waals surface area contributed by atoms with Crippen molar-refractivity contribution in [2.75, 3.05) is 7.11 Å². The van der Waals surface area contributed by atoms with Crippen molar-refractivity contribution >= 4 is 11.3 Å². The lowest BCUT2D eigenvalue weighted by Gasteiger charge is -2.00. The fraction of sp³-hybridized carbons (Fsp3) is 0.286. The fourth-order valence-electron chi connectivity index (χ4n) is 1.93. The summed E-state index contributed by atoms with van der Waals surface area (Å²) in [4.78, 5) is 5.39. The van der Waals surface area contributed by atoms with E-state index in [2.05, 4.69) is 11.1 Å². The molecule has 0 saturated heterocycles. The van der Waals surface area contributed by atoms with Gasteiger partial charge in [0, 0.05) is 11.5 Å². The average Bonchev–Trinajstić information content (AvgIpc) is 3.18. The van der Waals surface area contributed by atoms with Crippen molar-refractivity contribution in [2.45, 2.75) is 18.8 Å². The molecule has 2 aromatic rings. The molecule has 3 rings (SSSR count). The number of thiazole rings is 1. The third-order valence-electron chi connectivity index (χ3n) is 3.04. The van der Waals surface area contributed by atoms with Crippen LogP contribution >= 0.6 is 11.3 Å². The van der Waals surface area contributed by atoms with Gasteiger partial charge in [-0.2, -0.15) is 5.26 Å². The molecule has 1 aromatic carbocycles. The van der Waals surface area contributed by atoms with Crippen molar-refractivity contribution in [2.24, 2.45) is 0 Å². The van der Waals surface area contributed by atoms with Gasteiger partial charge in [0.15, 0.2) is 0 Å². The normalized spacial score (nSPS) is 14.2. The van der Waals surface area contributed by atoms with Crippen molar-refractivity contribution in [1.29, 1.82) is 5.26 Å². The fourth-order valence-corrected chi connectivity index (χ4v) is 2.87. The Morgan fingerprint density at radius 1 is 1.44 bits per heavy atom. The van der Waals surface area contributed by atoms with Gasteiger partial charge < -0.3 is 4.74 Å². The predicted octanol–water partition coefficient (Wildman–Crippen LogP) is 3.57. The Morgan fingerprint density at radius 3 is 2.94 bits per heavy atom. The van der Waals surface area contributed by atoms with Crippen LogP contribution in [0.15, 0.2) is 24.3 Å². The van der Waals surface area contributed by atoms with Crippen LogP contribution in [-0.4, -0.2) is 12.1 Å². The number of hydrogen-bond acceptors (Lipinski definition) is 4. The second kappa shape index (κ2) is 4.43. The molecule has 1 heterocycles. The Hall–Kier alpha value is -1.86. The smallest absolute Gasteiger partial charge is 0.128 e. The van der Waals surface area contributed by atoms with Crippen LogP contribution in [0, 0.1) is 11.3 Å². The third-order valence-corrected chi connectivity index (χ3v) is 4.06. The first-order chi connectivity index (χ1) is 8.81.